The Balaban J connectivity index is 0.953. The van der Waals surface area contributed by atoms with Gasteiger partial charge in [-0.15, -0.1) is 0 Å². The van der Waals surface area contributed by atoms with Crippen molar-refractivity contribution in [2.75, 3.05) is 25.0 Å². The Hall–Kier alpha value is -4.91. The van der Waals surface area contributed by atoms with Gasteiger partial charge in [-0.25, -0.2) is 0 Å². The molecule has 42 heavy (non-hydrogen) atoms. The highest BCUT2D eigenvalue weighted by atomic mass is 16.5. The number of carbonyl (C=O) groups is 3. The smallest absolute Gasteiger partial charge is 0.254 e. The van der Waals surface area contributed by atoms with E-state index in [2.05, 4.69) is 17.4 Å². The molecule has 3 amide bonds. The van der Waals surface area contributed by atoms with Gasteiger partial charge in [0.2, 0.25) is 5.91 Å². The second-order valence-corrected chi connectivity index (χ2v) is 10.8. The molecule has 4 aromatic carbocycles. The minimum absolute atomic E-state index is 0.0122. The van der Waals surface area contributed by atoms with Gasteiger partial charge >= 0.3 is 0 Å². The van der Waals surface area contributed by atoms with Crippen LogP contribution >= 0.6 is 0 Å². The second kappa shape index (κ2) is 12.3. The van der Waals surface area contributed by atoms with Crippen LogP contribution in [0.25, 0.3) is 0 Å². The molecule has 1 fully saturated rings. The van der Waals surface area contributed by atoms with Gasteiger partial charge < -0.3 is 19.9 Å². The Labute approximate surface area is 245 Å². The molecule has 0 aromatic heterocycles. The van der Waals surface area contributed by atoms with Crippen LogP contribution in [0.3, 0.4) is 0 Å². The lowest BCUT2D eigenvalue weighted by molar-refractivity contribution is -0.116. The molecule has 0 atom stereocenters. The fourth-order valence-corrected chi connectivity index (χ4v) is 5.68. The van der Waals surface area contributed by atoms with Gasteiger partial charge in [-0.1, -0.05) is 48.5 Å². The van der Waals surface area contributed by atoms with Crippen LogP contribution < -0.4 is 10.1 Å². The second-order valence-electron chi connectivity index (χ2n) is 10.8. The van der Waals surface area contributed by atoms with E-state index in [9.17, 15) is 14.4 Å². The predicted octanol–water partition coefficient (Wildman–Crippen LogP) is 6.48. The average Bonchev–Trinajstić information content (AvgIpc) is 3.36. The van der Waals surface area contributed by atoms with Crippen molar-refractivity contribution in [3.8, 4) is 11.5 Å². The third-order valence-corrected chi connectivity index (χ3v) is 8.03. The fourth-order valence-electron chi connectivity index (χ4n) is 5.68. The van der Waals surface area contributed by atoms with Crippen LogP contribution in [0.2, 0.25) is 0 Å². The molecule has 2 aliphatic heterocycles. The van der Waals surface area contributed by atoms with E-state index in [0.29, 0.717) is 43.4 Å². The number of fused-ring (bicyclic) bond motifs is 1. The van der Waals surface area contributed by atoms with Crippen LogP contribution in [-0.4, -0.2) is 47.2 Å². The Kier molecular flexibility index (Phi) is 7.99. The molecule has 2 aliphatic rings. The van der Waals surface area contributed by atoms with Crippen LogP contribution in [0.5, 0.6) is 11.5 Å². The molecular formula is C35H33N3O4. The number of hydrogen-bond acceptors (Lipinski definition) is 4. The van der Waals surface area contributed by atoms with Gasteiger partial charge in [-0.2, -0.15) is 0 Å². The third-order valence-electron chi connectivity index (χ3n) is 8.03. The molecule has 0 unspecified atom stereocenters. The van der Waals surface area contributed by atoms with Crippen molar-refractivity contribution in [3.63, 3.8) is 0 Å². The highest BCUT2D eigenvalue weighted by Crippen LogP contribution is 2.30. The zero-order valence-electron chi connectivity index (χ0n) is 23.4. The summed E-state index contributed by atoms with van der Waals surface area (Å²) in [5.74, 6) is 1.74. The molecule has 0 radical (unpaired) electrons. The van der Waals surface area contributed by atoms with Crippen LogP contribution in [0, 0.1) is 0 Å². The van der Waals surface area contributed by atoms with E-state index in [0.717, 1.165) is 35.4 Å². The van der Waals surface area contributed by atoms with Crippen molar-refractivity contribution in [1.82, 2.24) is 9.80 Å². The van der Waals surface area contributed by atoms with Gasteiger partial charge in [-0.3, -0.25) is 14.4 Å². The molecule has 0 aliphatic carbocycles. The van der Waals surface area contributed by atoms with E-state index in [1.165, 1.54) is 5.56 Å². The number of nitrogens with one attached hydrogen (secondary N) is 1. The SMILES string of the molecule is O=C(CCN1Cc2ccccc2C1=O)Nc1ccc(C2CCN(C(=O)c3ccc(Oc4ccccc4)cc3)CC2)cc1. The zero-order valence-corrected chi connectivity index (χ0v) is 23.4. The standard InChI is InChI=1S/C35H33N3O4/c39-33(20-23-38-24-28-6-4-5-9-32(28)35(38)41)36-29-14-10-25(11-15-29)26-18-21-37(22-19-26)34(40)27-12-16-31(17-13-27)42-30-7-2-1-3-8-30/h1-17,26H,18-24H2,(H,36,39). The van der Waals surface area contributed by atoms with Gasteiger partial charge in [0.1, 0.15) is 11.5 Å². The van der Waals surface area contributed by atoms with Crippen molar-refractivity contribution in [2.24, 2.45) is 0 Å². The van der Waals surface area contributed by atoms with E-state index in [1.54, 1.807) is 4.90 Å². The first kappa shape index (κ1) is 27.3. The third kappa shape index (κ3) is 6.20. The van der Waals surface area contributed by atoms with E-state index in [4.69, 9.17) is 4.74 Å². The van der Waals surface area contributed by atoms with Crippen molar-refractivity contribution in [1.29, 1.82) is 0 Å². The van der Waals surface area contributed by atoms with Gasteiger partial charge in [-0.05, 0) is 84.5 Å². The molecule has 0 spiro atoms. The Morgan fingerprint density at radius 2 is 1.45 bits per heavy atom. The highest BCUT2D eigenvalue weighted by Gasteiger charge is 2.27. The molecule has 4 aromatic rings. The van der Waals surface area contributed by atoms with Crippen LogP contribution in [0.1, 0.15) is 57.0 Å². The quantitative estimate of drug-likeness (QED) is 0.268. The number of amides is 3. The first-order chi connectivity index (χ1) is 20.5. The average molecular weight is 560 g/mol. The Morgan fingerprint density at radius 1 is 0.786 bits per heavy atom. The first-order valence-electron chi connectivity index (χ1n) is 14.4. The molecular weight excluding hydrogens is 526 g/mol. The normalized spacial score (nSPS) is 14.9. The molecule has 0 saturated carbocycles. The lowest BCUT2D eigenvalue weighted by Crippen LogP contribution is -2.37. The van der Waals surface area contributed by atoms with E-state index < -0.39 is 0 Å². The molecule has 212 valence electrons. The van der Waals surface area contributed by atoms with Crippen LogP contribution in [-0.2, 0) is 11.3 Å². The van der Waals surface area contributed by atoms with Gasteiger partial charge in [0, 0.05) is 49.4 Å². The summed E-state index contributed by atoms with van der Waals surface area (Å²) in [5, 5.41) is 2.95. The Morgan fingerprint density at radius 3 is 2.17 bits per heavy atom. The van der Waals surface area contributed by atoms with Gasteiger partial charge in [0.05, 0.1) is 0 Å². The summed E-state index contributed by atoms with van der Waals surface area (Å²) in [6, 6.07) is 32.4. The number of para-hydroxylation sites is 1. The lowest BCUT2D eigenvalue weighted by atomic mass is 9.89. The number of likely N-dealkylation sites (tertiary alicyclic amines) is 1. The van der Waals surface area contributed by atoms with Gasteiger partial charge in [0.15, 0.2) is 0 Å². The van der Waals surface area contributed by atoms with E-state index in [1.807, 2.05) is 95.9 Å². The van der Waals surface area contributed by atoms with Crippen molar-refractivity contribution in [2.45, 2.75) is 31.7 Å². The molecule has 0 bridgehead atoms. The number of benzene rings is 4. The first-order valence-corrected chi connectivity index (χ1v) is 14.4. The number of anilines is 1. The van der Waals surface area contributed by atoms with E-state index >= 15 is 0 Å². The molecule has 7 heteroatoms. The monoisotopic (exact) mass is 559 g/mol. The summed E-state index contributed by atoms with van der Waals surface area (Å²) in [6.45, 7) is 2.34. The summed E-state index contributed by atoms with van der Waals surface area (Å²) >= 11 is 0. The number of rotatable bonds is 8. The number of carbonyl (C=O) groups excluding carboxylic acids is 3. The number of hydrogen-bond donors (Lipinski definition) is 1. The highest BCUT2D eigenvalue weighted by molar-refractivity contribution is 5.99. The molecule has 1 N–H and O–H groups in total. The summed E-state index contributed by atoms with van der Waals surface area (Å²) in [5.41, 5.74) is 4.35. The minimum Gasteiger partial charge on any atom is -0.457 e. The van der Waals surface area contributed by atoms with Crippen LogP contribution in [0.15, 0.2) is 103 Å². The summed E-state index contributed by atoms with van der Waals surface area (Å²) in [6.07, 6.45) is 2.02. The van der Waals surface area contributed by atoms with Crippen molar-refractivity contribution in [3.05, 3.63) is 125 Å². The maximum atomic E-state index is 13.1. The van der Waals surface area contributed by atoms with E-state index in [-0.39, 0.29) is 24.1 Å². The molecule has 7 nitrogen and oxygen atoms in total. The molecule has 1 saturated heterocycles. The van der Waals surface area contributed by atoms with Crippen molar-refractivity contribution < 1.29 is 19.1 Å². The number of piperidine rings is 1. The van der Waals surface area contributed by atoms with Crippen LogP contribution in [0.4, 0.5) is 5.69 Å². The number of nitrogens with zero attached hydrogens (tertiary/aromatic N) is 2. The predicted molar refractivity (Wildman–Crippen MR) is 162 cm³/mol. The molecule has 2 heterocycles. The Bertz CT molecular complexity index is 1560. The number of ether oxygens (including phenoxy) is 1. The van der Waals surface area contributed by atoms with Gasteiger partial charge in [0.25, 0.3) is 11.8 Å². The zero-order chi connectivity index (χ0) is 28.9. The summed E-state index contributed by atoms with van der Waals surface area (Å²) in [7, 11) is 0. The van der Waals surface area contributed by atoms with Crippen molar-refractivity contribution >= 4 is 23.4 Å². The largest absolute Gasteiger partial charge is 0.457 e. The maximum absolute atomic E-state index is 13.1. The fraction of sp³-hybridized carbons (Fsp3) is 0.229. The minimum atomic E-state index is -0.113. The summed E-state index contributed by atoms with van der Waals surface area (Å²) in [4.78, 5) is 41.8. The lowest BCUT2D eigenvalue weighted by Gasteiger charge is -2.32. The molecule has 6 rings (SSSR count). The maximum Gasteiger partial charge on any atom is 0.254 e. The topological polar surface area (TPSA) is 79.0 Å². The summed E-state index contributed by atoms with van der Waals surface area (Å²) < 4.78 is 5.84.